The van der Waals surface area contributed by atoms with E-state index in [1.165, 1.54) is 0 Å². The minimum Gasteiger partial charge on any atom is -0.493 e. The van der Waals surface area contributed by atoms with Crippen LogP contribution in [0.1, 0.15) is 32.3 Å². The normalized spacial score (nSPS) is 16.8. The second kappa shape index (κ2) is 8.92. The first-order valence-corrected chi connectivity index (χ1v) is 8.81. The number of rotatable bonds is 7. The van der Waals surface area contributed by atoms with Crippen molar-refractivity contribution in [2.24, 2.45) is 0 Å². The van der Waals surface area contributed by atoms with E-state index in [2.05, 4.69) is 18.7 Å². The van der Waals surface area contributed by atoms with Gasteiger partial charge in [-0.3, -0.25) is 9.69 Å². The molecule has 1 saturated heterocycles. The average molecular weight is 334 g/mol. The summed E-state index contributed by atoms with van der Waals surface area (Å²) in [5, 5.41) is 0. The first-order chi connectivity index (χ1) is 11.6. The van der Waals surface area contributed by atoms with Gasteiger partial charge in [-0.05, 0) is 37.5 Å². The van der Waals surface area contributed by atoms with Crippen molar-refractivity contribution in [2.45, 2.75) is 39.2 Å². The van der Waals surface area contributed by atoms with Crippen molar-refractivity contribution in [3.63, 3.8) is 0 Å². The Bertz CT molecular complexity index is 539. The molecule has 5 nitrogen and oxygen atoms in total. The first kappa shape index (κ1) is 18.6. The van der Waals surface area contributed by atoms with Crippen LogP contribution in [0.5, 0.6) is 11.5 Å². The van der Waals surface area contributed by atoms with E-state index in [0.29, 0.717) is 24.0 Å². The zero-order chi connectivity index (χ0) is 17.5. The Morgan fingerprint density at radius 1 is 1.12 bits per heavy atom. The Hall–Kier alpha value is -1.75. The maximum absolute atomic E-state index is 12.4. The number of benzene rings is 1. The second-order valence-corrected chi connectivity index (χ2v) is 6.36. The Morgan fingerprint density at radius 2 is 1.79 bits per heavy atom. The van der Waals surface area contributed by atoms with E-state index in [1.807, 2.05) is 23.1 Å². The maximum Gasteiger partial charge on any atom is 0.222 e. The summed E-state index contributed by atoms with van der Waals surface area (Å²) in [4.78, 5) is 16.9. The summed E-state index contributed by atoms with van der Waals surface area (Å²) in [7, 11) is 3.25. The highest BCUT2D eigenvalue weighted by molar-refractivity contribution is 5.76. The monoisotopic (exact) mass is 334 g/mol. The van der Waals surface area contributed by atoms with Crippen LogP contribution in [0.15, 0.2) is 18.2 Å². The molecule has 1 atom stereocenters. The molecule has 0 saturated carbocycles. The van der Waals surface area contributed by atoms with Gasteiger partial charge >= 0.3 is 0 Å². The molecule has 1 heterocycles. The number of nitrogens with zero attached hydrogens (tertiary/aromatic N) is 2. The van der Waals surface area contributed by atoms with Gasteiger partial charge in [0.15, 0.2) is 11.5 Å². The number of aryl methyl sites for hydroxylation is 1. The molecule has 1 aromatic carbocycles. The standard InChI is InChI=1S/C19H30N2O3/c1-5-15(2)20-10-12-21(13-11-20)19(22)9-7-16-6-8-17(23-3)18(14-16)24-4/h6,8,14-15H,5,7,9-13H2,1-4H3. The lowest BCUT2D eigenvalue weighted by atomic mass is 10.1. The highest BCUT2D eigenvalue weighted by atomic mass is 16.5. The summed E-state index contributed by atoms with van der Waals surface area (Å²) in [5.74, 6) is 1.67. The fraction of sp³-hybridized carbons (Fsp3) is 0.632. The molecule has 1 fully saturated rings. The summed E-state index contributed by atoms with van der Waals surface area (Å²) < 4.78 is 10.6. The van der Waals surface area contributed by atoms with Gasteiger partial charge in [-0.15, -0.1) is 0 Å². The predicted molar refractivity (Wildman–Crippen MR) is 95.8 cm³/mol. The topological polar surface area (TPSA) is 42.0 Å². The summed E-state index contributed by atoms with van der Waals surface area (Å²) in [6.07, 6.45) is 2.43. The van der Waals surface area contributed by atoms with Crippen LogP contribution in [0.3, 0.4) is 0 Å². The molecule has 134 valence electrons. The van der Waals surface area contributed by atoms with Crippen LogP contribution in [0.2, 0.25) is 0 Å². The molecule has 0 spiro atoms. The SMILES string of the molecule is CCC(C)N1CCN(C(=O)CCc2ccc(OC)c(OC)c2)CC1. The molecule has 0 N–H and O–H groups in total. The molecule has 1 amide bonds. The summed E-state index contributed by atoms with van der Waals surface area (Å²) in [5.41, 5.74) is 1.10. The lowest BCUT2D eigenvalue weighted by Crippen LogP contribution is -2.51. The van der Waals surface area contributed by atoms with Crippen LogP contribution >= 0.6 is 0 Å². The zero-order valence-electron chi connectivity index (χ0n) is 15.4. The zero-order valence-corrected chi connectivity index (χ0v) is 15.4. The van der Waals surface area contributed by atoms with Gasteiger partial charge in [-0.1, -0.05) is 13.0 Å². The van der Waals surface area contributed by atoms with E-state index in [1.54, 1.807) is 14.2 Å². The lowest BCUT2D eigenvalue weighted by Gasteiger charge is -2.37. The quantitative estimate of drug-likeness (QED) is 0.769. The first-order valence-electron chi connectivity index (χ1n) is 8.81. The summed E-state index contributed by atoms with van der Waals surface area (Å²) in [6, 6.07) is 6.44. The minimum atomic E-state index is 0.244. The number of amides is 1. The van der Waals surface area contributed by atoms with Gasteiger partial charge in [-0.2, -0.15) is 0 Å². The van der Waals surface area contributed by atoms with E-state index in [-0.39, 0.29) is 5.91 Å². The highest BCUT2D eigenvalue weighted by Crippen LogP contribution is 2.28. The maximum atomic E-state index is 12.4. The molecule has 1 unspecified atom stereocenters. The third-order valence-electron chi connectivity index (χ3n) is 4.96. The van der Waals surface area contributed by atoms with Gasteiger partial charge in [0.25, 0.3) is 0 Å². The van der Waals surface area contributed by atoms with E-state index < -0.39 is 0 Å². The number of piperazine rings is 1. The van der Waals surface area contributed by atoms with Gasteiger partial charge in [0.05, 0.1) is 14.2 Å². The van der Waals surface area contributed by atoms with Crippen LogP contribution in [-0.4, -0.2) is 62.1 Å². The molecule has 24 heavy (non-hydrogen) atoms. The van der Waals surface area contributed by atoms with Gasteiger partial charge in [-0.25, -0.2) is 0 Å². The van der Waals surface area contributed by atoms with Crippen molar-refractivity contribution in [2.75, 3.05) is 40.4 Å². The number of methoxy groups -OCH3 is 2. The molecule has 1 aromatic rings. The van der Waals surface area contributed by atoms with Crippen LogP contribution in [0, 0.1) is 0 Å². The van der Waals surface area contributed by atoms with Gasteiger partial charge in [0, 0.05) is 38.6 Å². The lowest BCUT2D eigenvalue weighted by molar-refractivity contribution is -0.133. The van der Waals surface area contributed by atoms with Gasteiger partial charge < -0.3 is 14.4 Å². The van der Waals surface area contributed by atoms with Gasteiger partial charge in [0.2, 0.25) is 5.91 Å². The molecule has 0 radical (unpaired) electrons. The van der Waals surface area contributed by atoms with Crippen LogP contribution in [-0.2, 0) is 11.2 Å². The Labute approximate surface area is 145 Å². The average Bonchev–Trinajstić information content (AvgIpc) is 2.65. The number of ether oxygens (including phenoxy) is 2. The third kappa shape index (κ3) is 4.63. The number of carbonyl (C=O) groups is 1. The molecular weight excluding hydrogens is 304 g/mol. The minimum absolute atomic E-state index is 0.244. The van der Waals surface area contributed by atoms with Crippen molar-refractivity contribution < 1.29 is 14.3 Å². The van der Waals surface area contributed by atoms with E-state index >= 15 is 0 Å². The van der Waals surface area contributed by atoms with E-state index in [9.17, 15) is 4.79 Å². The van der Waals surface area contributed by atoms with Crippen molar-refractivity contribution in [3.05, 3.63) is 23.8 Å². The van der Waals surface area contributed by atoms with Crippen molar-refractivity contribution in [1.29, 1.82) is 0 Å². The summed E-state index contributed by atoms with van der Waals surface area (Å²) >= 11 is 0. The fourth-order valence-electron chi connectivity index (χ4n) is 3.12. The smallest absolute Gasteiger partial charge is 0.222 e. The van der Waals surface area contributed by atoms with Crippen LogP contribution in [0.4, 0.5) is 0 Å². The largest absolute Gasteiger partial charge is 0.493 e. The fourth-order valence-corrected chi connectivity index (χ4v) is 3.12. The number of hydrogen-bond donors (Lipinski definition) is 0. The molecule has 1 aliphatic rings. The summed E-state index contributed by atoms with van der Waals surface area (Å²) in [6.45, 7) is 8.12. The molecule has 5 heteroatoms. The highest BCUT2D eigenvalue weighted by Gasteiger charge is 2.23. The van der Waals surface area contributed by atoms with Gasteiger partial charge in [0.1, 0.15) is 0 Å². The molecule has 2 rings (SSSR count). The van der Waals surface area contributed by atoms with Crippen LogP contribution in [0.25, 0.3) is 0 Å². The Kier molecular flexibility index (Phi) is 6.91. The van der Waals surface area contributed by atoms with Crippen molar-refractivity contribution >= 4 is 5.91 Å². The van der Waals surface area contributed by atoms with Crippen molar-refractivity contribution in [3.8, 4) is 11.5 Å². The molecular formula is C19H30N2O3. The molecule has 1 aliphatic heterocycles. The Morgan fingerprint density at radius 3 is 2.38 bits per heavy atom. The number of carbonyl (C=O) groups excluding carboxylic acids is 1. The molecule has 0 aliphatic carbocycles. The Balaban J connectivity index is 1.83. The third-order valence-corrected chi connectivity index (χ3v) is 4.96. The second-order valence-electron chi connectivity index (χ2n) is 6.36. The van der Waals surface area contributed by atoms with Crippen LogP contribution < -0.4 is 9.47 Å². The molecule has 0 aromatic heterocycles. The van der Waals surface area contributed by atoms with E-state index in [4.69, 9.17) is 9.47 Å². The molecule has 0 bridgehead atoms. The van der Waals surface area contributed by atoms with Crippen molar-refractivity contribution in [1.82, 2.24) is 9.80 Å². The number of hydrogen-bond acceptors (Lipinski definition) is 4. The van der Waals surface area contributed by atoms with E-state index in [0.717, 1.165) is 44.6 Å². The predicted octanol–water partition coefficient (Wildman–Crippen LogP) is 2.58.